The molecule has 0 fully saturated rings. The third-order valence-corrected chi connectivity index (χ3v) is 4.17. The van der Waals surface area contributed by atoms with Crippen LogP contribution < -0.4 is 5.32 Å². The highest BCUT2D eigenvalue weighted by molar-refractivity contribution is 7.09. The monoisotopic (exact) mass is 268 g/mol. The molecule has 1 heterocycles. The van der Waals surface area contributed by atoms with Gasteiger partial charge in [-0.05, 0) is 31.2 Å². The quantitative estimate of drug-likeness (QED) is 0.769. The summed E-state index contributed by atoms with van der Waals surface area (Å²) in [5.74, 6) is 0.720. The maximum absolute atomic E-state index is 4.61. The molecule has 0 radical (unpaired) electrons. The van der Waals surface area contributed by atoms with Crippen LogP contribution >= 0.6 is 11.3 Å². The van der Waals surface area contributed by atoms with Gasteiger partial charge in [-0.25, -0.2) is 4.98 Å². The maximum Gasteiger partial charge on any atom is 0.0934 e. The number of thiazole rings is 1. The minimum atomic E-state index is 0.341. The molecule has 0 amide bonds. The Hall–Kier alpha value is -0.410. The van der Waals surface area contributed by atoms with Gasteiger partial charge in [-0.1, -0.05) is 34.1 Å². The van der Waals surface area contributed by atoms with Crippen LogP contribution in [-0.2, 0) is 6.42 Å². The molecule has 3 heteroatoms. The van der Waals surface area contributed by atoms with Crippen molar-refractivity contribution in [2.45, 2.75) is 53.9 Å². The van der Waals surface area contributed by atoms with E-state index in [1.54, 1.807) is 11.3 Å². The van der Waals surface area contributed by atoms with Crippen molar-refractivity contribution in [2.75, 3.05) is 13.1 Å². The molecule has 0 aliphatic heterocycles. The summed E-state index contributed by atoms with van der Waals surface area (Å²) in [7, 11) is 0. The van der Waals surface area contributed by atoms with Gasteiger partial charge in [0.15, 0.2) is 0 Å². The first-order valence-corrected chi connectivity index (χ1v) is 7.95. The van der Waals surface area contributed by atoms with E-state index in [-0.39, 0.29) is 0 Å². The fourth-order valence-corrected chi connectivity index (χ4v) is 3.34. The van der Waals surface area contributed by atoms with Gasteiger partial charge in [0.25, 0.3) is 0 Å². The second kappa shape index (κ2) is 7.25. The molecule has 2 nitrogen and oxygen atoms in total. The van der Waals surface area contributed by atoms with Crippen molar-refractivity contribution in [3.05, 3.63) is 16.1 Å². The number of hydrogen-bond acceptors (Lipinski definition) is 3. The first-order valence-electron chi connectivity index (χ1n) is 7.07. The molecule has 0 aliphatic rings. The van der Waals surface area contributed by atoms with Crippen molar-refractivity contribution in [1.82, 2.24) is 10.3 Å². The number of rotatable bonds is 8. The standard InChI is InChI=1S/C15H28N2S/c1-6-7-15(5,11-16-9-12(2)3)8-14-17-13(4)10-18-14/h10,12,16H,6-9,11H2,1-5H3. The Bertz CT molecular complexity index is 346. The SMILES string of the molecule is CCCC(C)(CNCC(C)C)Cc1nc(C)cs1. The van der Waals surface area contributed by atoms with E-state index in [1.165, 1.54) is 17.8 Å². The smallest absolute Gasteiger partial charge is 0.0934 e. The Morgan fingerprint density at radius 3 is 2.67 bits per heavy atom. The van der Waals surface area contributed by atoms with Gasteiger partial charge >= 0.3 is 0 Å². The largest absolute Gasteiger partial charge is 0.316 e. The van der Waals surface area contributed by atoms with Crippen molar-refractivity contribution in [3.63, 3.8) is 0 Å². The molecule has 0 bridgehead atoms. The molecule has 0 aromatic carbocycles. The van der Waals surface area contributed by atoms with Gasteiger partial charge in [-0.3, -0.25) is 0 Å². The van der Waals surface area contributed by atoms with E-state index in [1.807, 2.05) is 0 Å². The Morgan fingerprint density at radius 2 is 2.17 bits per heavy atom. The highest BCUT2D eigenvalue weighted by Gasteiger charge is 2.24. The van der Waals surface area contributed by atoms with Gasteiger partial charge in [0.2, 0.25) is 0 Å². The van der Waals surface area contributed by atoms with Crippen LogP contribution in [0.1, 0.15) is 51.2 Å². The second-order valence-corrected chi connectivity index (χ2v) is 7.09. The predicted molar refractivity (Wildman–Crippen MR) is 81.3 cm³/mol. The minimum Gasteiger partial charge on any atom is -0.316 e. The average molecular weight is 268 g/mol. The zero-order valence-electron chi connectivity index (χ0n) is 12.5. The van der Waals surface area contributed by atoms with Crippen LogP contribution in [0.5, 0.6) is 0 Å². The molecular weight excluding hydrogens is 240 g/mol. The Kier molecular flexibility index (Phi) is 6.30. The summed E-state index contributed by atoms with van der Waals surface area (Å²) in [4.78, 5) is 4.61. The lowest BCUT2D eigenvalue weighted by molar-refractivity contribution is 0.270. The number of aryl methyl sites for hydroxylation is 1. The van der Waals surface area contributed by atoms with Crippen molar-refractivity contribution in [1.29, 1.82) is 0 Å². The van der Waals surface area contributed by atoms with E-state index in [4.69, 9.17) is 0 Å². The first kappa shape index (κ1) is 15.6. The normalized spacial score (nSPS) is 15.0. The van der Waals surface area contributed by atoms with Gasteiger partial charge in [0.05, 0.1) is 5.01 Å². The van der Waals surface area contributed by atoms with Crippen molar-refractivity contribution < 1.29 is 0 Å². The molecule has 1 N–H and O–H groups in total. The predicted octanol–water partition coefficient (Wildman–Crippen LogP) is 4.05. The van der Waals surface area contributed by atoms with E-state index < -0.39 is 0 Å². The molecule has 104 valence electrons. The molecular formula is C15H28N2S. The molecule has 1 aromatic heterocycles. The van der Waals surface area contributed by atoms with E-state index >= 15 is 0 Å². The highest BCUT2D eigenvalue weighted by Crippen LogP contribution is 2.29. The van der Waals surface area contributed by atoms with Crippen LogP contribution in [0.2, 0.25) is 0 Å². The number of aromatic nitrogens is 1. The first-order chi connectivity index (χ1) is 8.45. The minimum absolute atomic E-state index is 0.341. The third-order valence-electron chi connectivity index (χ3n) is 3.20. The average Bonchev–Trinajstić information content (AvgIpc) is 2.63. The number of hydrogen-bond donors (Lipinski definition) is 1. The Labute approximate surface area is 116 Å². The van der Waals surface area contributed by atoms with Crippen LogP contribution in [0, 0.1) is 18.3 Å². The van der Waals surface area contributed by atoms with Crippen LogP contribution in [0.3, 0.4) is 0 Å². The summed E-state index contributed by atoms with van der Waals surface area (Å²) in [6.45, 7) is 13.5. The number of nitrogens with zero attached hydrogens (tertiary/aromatic N) is 1. The summed E-state index contributed by atoms with van der Waals surface area (Å²) in [5.41, 5.74) is 1.50. The Morgan fingerprint density at radius 1 is 1.44 bits per heavy atom. The van der Waals surface area contributed by atoms with Crippen LogP contribution in [-0.4, -0.2) is 18.1 Å². The van der Waals surface area contributed by atoms with Crippen molar-refractivity contribution >= 4 is 11.3 Å². The van der Waals surface area contributed by atoms with E-state index in [0.717, 1.165) is 31.1 Å². The summed E-state index contributed by atoms with van der Waals surface area (Å²) in [5, 5.41) is 7.06. The lowest BCUT2D eigenvalue weighted by Crippen LogP contribution is -2.35. The fraction of sp³-hybridized carbons (Fsp3) is 0.800. The summed E-state index contributed by atoms with van der Waals surface area (Å²) >= 11 is 1.80. The van der Waals surface area contributed by atoms with Gasteiger partial charge < -0.3 is 5.32 Å². The molecule has 0 saturated heterocycles. The fourth-order valence-electron chi connectivity index (χ4n) is 2.35. The lowest BCUT2D eigenvalue weighted by Gasteiger charge is -2.29. The van der Waals surface area contributed by atoms with Crippen LogP contribution in [0.25, 0.3) is 0 Å². The van der Waals surface area contributed by atoms with Gasteiger partial charge in [-0.15, -0.1) is 11.3 Å². The number of nitrogens with one attached hydrogen (secondary N) is 1. The summed E-state index contributed by atoms with van der Waals surface area (Å²) in [6, 6.07) is 0. The highest BCUT2D eigenvalue weighted by atomic mass is 32.1. The third kappa shape index (κ3) is 5.49. The molecule has 1 atom stereocenters. The maximum atomic E-state index is 4.61. The molecule has 0 saturated carbocycles. The van der Waals surface area contributed by atoms with Crippen molar-refractivity contribution in [3.8, 4) is 0 Å². The second-order valence-electron chi connectivity index (χ2n) is 6.14. The topological polar surface area (TPSA) is 24.9 Å². The lowest BCUT2D eigenvalue weighted by atomic mass is 9.82. The Balaban J connectivity index is 2.55. The molecule has 0 spiro atoms. The van der Waals surface area contributed by atoms with Crippen LogP contribution in [0.4, 0.5) is 0 Å². The van der Waals surface area contributed by atoms with E-state index in [9.17, 15) is 0 Å². The van der Waals surface area contributed by atoms with E-state index in [0.29, 0.717) is 5.41 Å². The zero-order chi connectivity index (χ0) is 13.6. The summed E-state index contributed by atoms with van der Waals surface area (Å²) < 4.78 is 0. The summed E-state index contributed by atoms with van der Waals surface area (Å²) in [6.07, 6.45) is 3.60. The van der Waals surface area contributed by atoms with Crippen LogP contribution in [0.15, 0.2) is 5.38 Å². The molecule has 0 aliphatic carbocycles. The molecule has 1 unspecified atom stereocenters. The van der Waals surface area contributed by atoms with Gasteiger partial charge in [-0.2, -0.15) is 0 Å². The van der Waals surface area contributed by atoms with Crippen molar-refractivity contribution in [2.24, 2.45) is 11.3 Å². The molecule has 18 heavy (non-hydrogen) atoms. The zero-order valence-corrected chi connectivity index (χ0v) is 13.4. The molecule has 1 aromatic rings. The van der Waals surface area contributed by atoms with Gasteiger partial charge in [0, 0.05) is 24.0 Å². The van der Waals surface area contributed by atoms with E-state index in [2.05, 4.69) is 50.3 Å². The van der Waals surface area contributed by atoms with Gasteiger partial charge in [0.1, 0.15) is 0 Å². The molecule has 1 rings (SSSR count).